The van der Waals surface area contributed by atoms with Crippen molar-refractivity contribution in [3.8, 4) is 0 Å². The molecule has 0 saturated carbocycles. The van der Waals surface area contributed by atoms with E-state index in [-0.39, 0.29) is 10.6 Å². The van der Waals surface area contributed by atoms with Crippen LogP contribution >= 0.6 is 0 Å². The minimum atomic E-state index is -4.39. The maximum atomic E-state index is 11.3. The molecule has 0 fully saturated rings. The first kappa shape index (κ1) is 12.7. The molecule has 0 unspecified atom stereocenters. The van der Waals surface area contributed by atoms with Crippen LogP contribution in [0.3, 0.4) is 0 Å². The van der Waals surface area contributed by atoms with Crippen LogP contribution in [0.2, 0.25) is 0 Å². The van der Waals surface area contributed by atoms with Gasteiger partial charge in [0.1, 0.15) is 10.6 Å². The number of aryl methyl sites for hydroxylation is 2. The Kier molecular flexibility index (Phi) is 2.92. The van der Waals surface area contributed by atoms with E-state index in [1.165, 1.54) is 6.07 Å². The van der Waals surface area contributed by atoms with E-state index >= 15 is 0 Å². The van der Waals surface area contributed by atoms with E-state index in [9.17, 15) is 13.0 Å². The van der Waals surface area contributed by atoms with E-state index in [0.29, 0.717) is 10.9 Å². The lowest BCUT2D eigenvalue weighted by molar-refractivity contribution is 0.483. The van der Waals surface area contributed by atoms with Crippen LogP contribution in [0.15, 0.2) is 34.3 Å². The molecule has 0 saturated heterocycles. The lowest BCUT2D eigenvalue weighted by Crippen LogP contribution is -2.00. The summed E-state index contributed by atoms with van der Waals surface area (Å²) in [7, 11) is -4.39. The molecule has 0 heterocycles. The van der Waals surface area contributed by atoms with E-state index in [0.717, 1.165) is 10.9 Å². The minimum Gasteiger partial charge on any atom is -0.282 e. The summed E-state index contributed by atoms with van der Waals surface area (Å²) in [6, 6.07) is 6.92. The fourth-order valence-corrected chi connectivity index (χ4v) is 2.72. The quantitative estimate of drug-likeness (QED) is 0.643. The minimum absolute atomic E-state index is 0.0196. The fourth-order valence-electron chi connectivity index (χ4n) is 2.00. The largest absolute Gasteiger partial charge is 0.296 e. The van der Waals surface area contributed by atoms with Crippen LogP contribution in [-0.4, -0.2) is 13.0 Å². The van der Waals surface area contributed by atoms with Gasteiger partial charge >= 0.3 is 0 Å². The van der Waals surface area contributed by atoms with Gasteiger partial charge in [-0.2, -0.15) is 13.5 Å². The third-order valence-corrected chi connectivity index (χ3v) is 3.74. The van der Waals surface area contributed by atoms with Gasteiger partial charge in [-0.15, -0.1) is 0 Å². The Morgan fingerprint density at radius 2 is 1.89 bits per heavy atom. The van der Waals surface area contributed by atoms with Crippen molar-refractivity contribution >= 4 is 26.6 Å². The summed E-state index contributed by atoms with van der Waals surface area (Å²) in [5.41, 5.74) is 8.60. The summed E-state index contributed by atoms with van der Waals surface area (Å²) in [4.78, 5) is -0.326. The molecule has 6 heteroatoms. The topological polar surface area (TPSA) is 90.6 Å². The normalized spacial score (nSPS) is 11.7. The van der Waals surface area contributed by atoms with E-state index in [1.807, 2.05) is 25.1 Å². The number of nitrogens with zero attached hydrogens (tertiary/aromatic N) is 1. The van der Waals surface area contributed by atoms with E-state index in [4.69, 9.17) is 5.53 Å². The van der Waals surface area contributed by atoms with Crippen LogP contribution in [0, 0.1) is 19.4 Å². The van der Waals surface area contributed by atoms with Crippen LogP contribution < -0.4 is 0 Å². The molecule has 2 rings (SSSR count). The molecule has 94 valence electrons. The molecule has 0 amide bonds. The molecule has 0 bridgehead atoms. The maximum Gasteiger partial charge on any atom is 0.296 e. The maximum absolute atomic E-state index is 11.3. The van der Waals surface area contributed by atoms with Crippen LogP contribution in [0.1, 0.15) is 11.1 Å². The summed E-state index contributed by atoms with van der Waals surface area (Å²) in [6.07, 6.45) is 0. The van der Waals surface area contributed by atoms with Crippen molar-refractivity contribution in [2.45, 2.75) is 18.7 Å². The number of hydrogen-bond acceptors (Lipinski definition) is 4. The van der Waals surface area contributed by atoms with Gasteiger partial charge in [0.15, 0.2) is 0 Å². The second-order valence-corrected chi connectivity index (χ2v) is 5.55. The van der Waals surface area contributed by atoms with Crippen LogP contribution in [0.25, 0.3) is 10.8 Å². The zero-order valence-corrected chi connectivity index (χ0v) is 10.7. The van der Waals surface area contributed by atoms with Crippen molar-refractivity contribution in [2.75, 3.05) is 0 Å². The van der Waals surface area contributed by atoms with Crippen molar-refractivity contribution in [1.29, 1.82) is 5.53 Å². The second kappa shape index (κ2) is 4.15. The molecule has 0 radical (unpaired) electrons. The smallest absolute Gasteiger partial charge is 0.282 e. The van der Waals surface area contributed by atoms with Gasteiger partial charge in [-0.25, -0.2) is 5.53 Å². The van der Waals surface area contributed by atoms with Crippen LogP contribution in [-0.2, 0) is 10.1 Å². The van der Waals surface area contributed by atoms with Gasteiger partial charge in [0, 0.05) is 0 Å². The van der Waals surface area contributed by atoms with E-state index in [2.05, 4.69) is 5.11 Å². The van der Waals surface area contributed by atoms with Gasteiger partial charge in [-0.05, 0) is 36.2 Å². The number of fused-ring (bicyclic) bond motifs is 1. The lowest BCUT2D eigenvalue weighted by atomic mass is 10.0. The number of hydrogen-bond donors (Lipinski definition) is 2. The first-order chi connectivity index (χ1) is 8.34. The molecule has 2 N–H and O–H groups in total. The zero-order valence-electron chi connectivity index (χ0n) is 9.93. The molecular weight excluding hydrogens is 252 g/mol. The highest BCUT2D eigenvalue weighted by Gasteiger charge is 2.19. The molecule has 0 atom stereocenters. The van der Waals surface area contributed by atoms with Crippen molar-refractivity contribution in [3.63, 3.8) is 0 Å². The highest BCUT2D eigenvalue weighted by atomic mass is 32.2. The average Bonchev–Trinajstić information content (AvgIpc) is 2.27. The molecule has 2 aromatic carbocycles. The summed E-state index contributed by atoms with van der Waals surface area (Å²) < 4.78 is 31.8. The zero-order chi connectivity index (χ0) is 13.5. The van der Waals surface area contributed by atoms with E-state index < -0.39 is 10.1 Å². The Morgan fingerprint density at radius 1 is 1.22 bits per heavy atom. The molecule has 0 spiro atoms. The van der Waals surface area contributed by atoms with Crippen LogP contribution in [0.5, 0.6) is 0 Å². The SMILES string of the molecule is Cc1ccc2c(C)c(N=N)c(S(=O)(=O)O)cc2c1. The molecule has 5 nitrogen and oxygen atoms in total. The molecule has 0 aliphatic heterocycles. The average molecular weight is 264 g/mol. The summed E-state index contributed by atoms with van der Waals surface area (Å²) >= 11 is 0. The van der Waals surface area contributed by atoms with E-state index in [1.54, 1.807) is 6.92 Å². The molecule has 0 aromatic heterocycles. The summed E-state index contributed by atoms with van der Waals surface area (Å²) in [6.45, 7) is 3.57. The van der Waals surface area contributed by atoms with Gasteiger partial charge in [-0.1, -0.05) is 23.8 Å². The summed E-state index contributed by atoms with van der Waals surface area (Å²) in [5.74, 6) is 0. The van der Waals surface area contributed by atoms with Crippen molar-refractivity contribution in [3.05, 3.63) is 35.4 Å². The molecular formula is C12H12N2O3S. The number of benzene rings is 2. The predicted octanol–water partition coefficient (Wildman–Crippen LogP) is 3.37. The Balaban J connectivity index is 3.00. The molecule has 0 aliphatic carbocycles. The predicted molar refractivity (Wildman–Crippen MR) is 68.0 cm³/mol. The Hall–Kier alpha value is -1.79. The number of nitrogens with one attached hydrogen (secondary N) is 1. The Morgan fingerprint density at radius 3 is 2.44 bits per heavy atom. The van der Waals surface area contributed by atoms with Gasteiger partial charge < -0.3 is 0 Å². The molecule has 0 aliphatic rings. The van der Waals surface area contributed by atoms with Crippen molar-refractivity contribution < 1.29 is 13.0 Å². The van der Waals surface area contributed by atoms with Crippen LogP contribution in [0.4, 0.5) is 5.69 Å². The first-order valence-corrected chi connectivity index (χ1v) is 6.67. The fraction of sp³-hybridized carbons (Fsp3) is 0.167. The Labute approximate surface area is 105 Å². The highest BCUT2D eigenvalue weighted by Crippen LogP contribution is 2.34. The summed E-state index contributed by atoms with van der Waals surface area (Å²) in [5, 5.41) is 4.74. The monoisotopic (exact) mass is 264 g/mol. The Bertz CT molecular complexity index is 751. The van der Waals surface area contributed by atoms with Crippen molar-refractivity contribution in [2.24, 2.45) is 5.11 Å². The highest BCUT2D eigenvalue weighted by molar-refractivity contribution is 7.86. The van der Waals surface area contributed by atoms with Gasteiger partial charge in [0.25, 0.3) is 10.1 Å². The molecule has 18 heavy (non-hydrogen) atoms. The number of rotatable bonds is 2. The third kappa shape index (κ3) is 2.00. The third-order valence-electron chi connectivity index (χ3n) is 2.88. The first-order valence-electron chi connectivity index (χ1n) is 5.23. The lowest BCUT2D eigenvalue weighted by Gasteiger charge is -2.09. The molecule has 2 aromatic rings. The van der Waals surface area contributed by atoms with Gasteiger partial charge in [0.05, 0.1) is 0 Å². The van der Waals surface area contributed by atoms with Gasteiger partial charge in [0.2, 0.25) is 0 Å². The van der Waals surface area contributed by atoms with Crippen molar-refractivity contribution in [1.82, 2.24) is 0 Å². The second-order valence-electron chi connectivity index (χ2n) is 4.16. The standard InChI is InChI=1S/C12H12N2O3S/c1-7-3-4-10-8(2)12(14-13)11(18(15,16)17)6-9(10)5-7/h3-6,13H,1-2H3,(H,15,16,17). The van der Waals surface area contributed by atoms with Gasteiger partial charge in [-0.3, -0.25) is 4.55 Å².